The second-order valence-corrected chi connectivity index (χ2v) is 4.58. The van der Waals surface area contributed by atoms with E-state index in [1.165, 1.54) is 6.07 Å². The van der Waals surface area contributed by atoms with Crippen molar-refractivity contribution in [1.82, 2.24) is 0 Å². The largest absolute Gasteiger partial charge is 0.418 e. The van der Waals surface area contributed by atoms with Gasteiger partial charge in [0, 0.05) is 18.8 Å². The highest BCUT2D eigenvalue weighted by atomic mass is 19.4. The van der Waals surface area contributed by atoms with Gasteiger partial charge in [-0.3, -0.25) is 0 Å². The van der Waals surface area contributed by atoms with Crippen molar-refractivity contribution in [3.05, 3.63) is 29.3 Å². The van der Waals surface area contributed by atoms with Crippen LogP contribution >= 0.6 is 0 Å². The van der Waals surface area contributed by atoms with Gasteiger partial charge in [-0.25, -0.2) is 0 Å². The minimum Gasteiger partial charge on any atom is -0.371 e. The summed E-state index contributed by atoms with van der Waals surface area (Å²) in [6, 6.07) is 4.56. The number of anilines is 1. The molecule has 0 spiro atoms. The lowest BCUT2D eigenvalue weighted by Crippen LogP contribution is -2.22. The van der Waals surface area contributed by atoms with Gasteiger partial charge in [0.25, 0.3) is 0 Å². The second-order valence-electron chi connectivity index (χ2n) is 4.58. The fourth-order valence-corrected chi connectivity index (χ4v) is 2.37. The van der Waals surface area contributed by atoms with Crippen LogP contribution in [0.1, 0.15) is 24.0 Å². The van der Waals surface area contributed by atoms with E-state index in [4.69, 9.17) is 5.73 Å². The van der Waals surface area contributed by atoms with Crippen LogP contribution in [0, 0.1) is 0 Å². The summed E-state index contributed by atoms with van der Waals surface area (Å²) in [6.07, 6.45) is -1.91. The van der Waals surface area contributed by atoms with Gasteiger partial charge < -0.3 is 10.6 Å². The molecule has 100 valence electrons. The molecule has 0 unspecified atom stereocenters. The van der Waals surface area contributed by atoms with Gasteiger partial charge in [-0.05, 0) is 43.5 Å². The monoisotopic (exact) mass is 258 g/mol. The molecule has 1 heterocycles. The molecule has 0 atom stereocenters. The quantitative estimate of drug-likeness (QED) is 0.903. The summed E-state index contributed by atoms with van der Waals surface area (Å²) in [5.74, 6) is 0. The van der Waals surface area contributed by atoms with E-state index < -0.39 is 11.7 Å². The lowest BCUT2D eigenvalue weighted by atomic mass is 10.0. The first-order valence-corrected chi connectivity index (χ1v) is 6.17. The zero-order valence-corrected chi connectivity index (χ0v) is 10.1. The first-order chi connectivity index (χ1) is 8.52. The number of rotatable bonds is 3. The number of halogens is 3. The minimum absolute atomic E-state index is 0.306. The zero-order chi connectivity index (χ0) is 13.2. The number of nitrogens with two attached hydrogens (primary N) is 1. The van der Waals surface area contributed by atoms with Gasteiger partial charge in [0.15, 0.2) is 0 Å². The van der Waals surface area contributed by atoms with Crippen molar-refractivity contribution >= 4 is 5.69 Å². The Bertz CT molecular complexity index is 409. The highest BCUT2D eigenvalue weighted by Gasteiger charge is 2.35. The Morgan fingerprint density at radius 3 is 2.39 bits per heavy atom. The molecule has 18 heavy (non-hydrogen) atoms. The molecule has 0 bridgehead atoms. The first kappa shape index (κ1) is 13.2. The third kappa shape index (κ3) is 2.77. The Labute approximate surface area is 105 Å². The Balaban J connectivity index is 2.38. The number of hydrogen-bond acceptors (Lipinski definition) is 2. The maximum absolute atomic E-state index is 13.1. The summed E-state index contributed by atoms with van der Waals surface area (Å²) in [7, 11) is 0. The van der Waals surface area contributed by atoms with Crippen LogP contribution in [-0.4, -0.2) is 19.6 Å². The van der Waals surface area contributed by atoms with E-state index in [-0.39, 0.29) is 0 Å². The molecule has 1 saturated heterocycles. The Kier molecular flexibility index (Phi) is 3.80. The molecule has 1 fully saturated rings. The maximum atomic E-state index is 13.1. The van der Waals surface area contributed by atoms with Crippen LogP contribution in [0.3, 0.4) is 0 Å². The molecule has 0 radical (unpaired) electrons. The number of alkyl halides is 3. The van der Waals surface area contributed by atoms with Crippen LogP contribution in [0.4, 0.5) is 18.9 Å². The summed E-state index contributed by atoms with van der Waals surface area (Å²) < 4.78 is 39.2. The van der Waals surface area contributed by atoms with Crippen molar-refractivity contribution in [2.24, 2.45) is 5.73 Å². The summed E-state index contributed by atoms with van der Waals surface area (Å²) in [5, 5.41) is 0. The molecule has 1 aliphatic heterocycles. The predicted octanol–water partition coefficient (Wildman–Crippen LogP) is 2.81. The third-order valence-corrected chi connectivity index (χ3v) is 3.25. The van der Waals surface area contributed by atoms with Gasteiger partial charge in [-0.1, -0.05) is 6.07 Å². The standard InChI is InChI=1S/C13H17F3N2/c14-13(15,16)11-9-10(5-6-17)3-4-12(11)18-7-1-2-8-18/h3-4,9H,1-2,5-8,17H2. The van der Waals surface area contributed by atoms with E-state index in [1.54, 1.807) is 12.1 Å². The highest BCUT2D eigenvalue weighted by Crippen LogP contribution is 2.38. The van der Waals surface area contributed by atoms with Crippen molar-refractivity contribution in [3.63, 3.8) is 0 Å². The molecule has 1 aliphatic rings. The highest BCUT2D eigenvalue weighted by molar-refractivity contribution is 5.57. The van der Waals surface area contributed by atoms with Crippen LogP contribution in [0.25, 0.3) is 0 Å². The smallest absolute Gasteiger partial charge is 0.371 e. The first-order valence-electron chi connectivity index (χ1n) is 6.17. The van der Waals surface area contributed by atoms with Crippen molar-refractivity contribution in [2.45, 2.75) is 25.4 Å². The van der Waals surface area contributed by atoms with Crippen LogP contribution < -0.4 is 10.6 Å². The van der Waals surface area contributed by atoms with Gasteiger partial charge in [0.05, 0.1) is 5.56 Å². The lowest BCUT2D eigenvalue weighted by molar-refractivity contribution is -0.137. The van der Waals surface area contributed by atoms with Crippen LogP contribution in [0.15, 0.2) is 18.2 Å². The predicted molar refractivity (Wildman–Crippen MR) is 65.6 cm³/mol. The van der Waals surface area contributed by atoms with E-state index in [0.717, 1.165) is 12.8 Å². The molecule has 2 nitrogen and oxygen atoms in total. The molecule has 0 aliphatic carbocycles. The van der Waals surface area contributed by atoms with Crippen molar-refractivity contribution < 1.29 is 13.2 Å². The molecule has 0 amide bonds. The zero-order valence-electron chi connectivity index (χ0n) is 10.1. The normalized spacial score (nSPS) is 16.3. The van der Waals surface area contributed by atoms with Crippen molar-refractivity contribution in [3.8, 4) is 0 Å². The fourth-order valence-electron chi connectivity index (χ4n) is 2.37. The Morgan fingerprint density at radius 1 is 1.17 bits per heavy atom. The van der Waals surface area contributed by atoms with Gasteiger partial charge in [-0.15, -0.1) is 0 Å². The summed E-state index contributed by atoms with van der Waals surface area (Å²) in [4.78, 5) is 1.81. The fraction of sp³-hybridized carbons (Fsp3) is 0.538. The topological polar surface area (TPSA) is 29.3 Å². The minimum atomic E-state index is -4.30. The summed E-state index contributed by atoms with van der Waals surface area (Å²) in [5.41, 5.74) is 5.81. The molecular formula is C13H17F3N2. The molecule has 0 saturated carbocycles. The van der Waals surface area contributed by atoms with E-state index >= 15 is 0 Å². The SMILES string of the molecule is NCCc1ccc(N2CCCC2)c(C(F)(F)F)c1. The molecule has 0 aromatic heterocycles. The molecule has 5 heteroatoms. The molecule has 2 rings (SSSR count). The number of nitrogens with zero attached hydrogens (tertiary/aromatic N) is 1. The van der Waals surface area contributed by atoms with E-state index in [9.17, 15) is 13.2 Å². The molecule has 1 aromatic rings. The van der Waals surface area contributed by atoms with E-state index in [1.807, 2.05) is 4.90 Å². The maximum Gasteiger partial charge on any atom is 0.418 e. The number of benzene rings is 1. The molecular weight excluding hydrogens is 241 g/mol. The molecule has 2 N–H and O–H groups in total. The van der Waals surface area contributed by atoms with Crippen LogP contribution in [0.2, 0.25) is 0 Å². The lowest BCUT2D eigenvalue weighted by Gasteiger charge is -2.23. The van der Waals surface area contributed by atoms with Crippen LogP contribution in [-0.2, 0) is 12.6 Å². The number of hydrogen-bond donors (Lipinski definition) is 1. The van der Waals surface area contributed by atoms with Gasteiger partial charge in [0.2, 0.25) is 0 Å². The van der Waals surface area contributed by atoms with Gasteiger partial charge >= 0.3 is 6.18 Å². The van der Waals surface area contributed by atoms with Gasteiger partial charge in [-0.2, -0.15) is 13.2 Å². The van der Waals surface area contributed by atoms with Gasteiger partial charge in [0.1, 0.15) is 0 Å². The Hall–Kier alpha value is -1.23. The average Bonchev–Trinajstić information content (AvgIpc) is 2.81. The Morgan fingerprint density at radius 2 is 1.83 bits per heavy atom. The summed E-state index contributed by atoms with van der Waals surface area (Å²) >= 11 is 0. The van der Waals surface area contributed by atoms with E-state index in [0.29, 0.717) is 37.3 Å². The second kappa shape index (κ2) is 5.18. The van der Waals surface area contributed by atoms with Crippen LogP contribution in [0.5, 0.6) is 0 Å². The average molecular weight is 258 g/mol. The van der Waals surface area contributed by atoms with E-state index in [2.05, 4.69) is 0 Å². The third-order valence-electron chi connectivity index (χ3n) is 3.25. The summed E-state index contributed by atoms with van der Waals surface area (Å²) in [6.45, 7) is 1.78. The molecule has 1 aromatic carbocycles. The van der Waals surface area contributed by atoms with Crippen molar-refractivity contribution in [1.29, 1.82) is 0 Å². The van der Waals surface area contributed by atoms with Crippen molar-refractivity contribution in [2.75, 3.05) is 24.5 Å².